The smallest absolute Gasteiger partial charge is 0.338 e. The van der Waals surface area contributed by atoms with Crippen LogP contribution < -0.4 is 5.32 Å². The number of nitrogens with one attached hydrogen (secondary N) is 1. The molecule has 0 spiro atoms. The van der Waals surface area contributed by atoms with Gasteiger partial charge >= 0.3 is 12.2 Å². The fraction of sp³-hybridized carbons (Fsp3) is 0.238. The summed E-state index contributed by atoms with van der Waals surface area (Å²) in [5, 5.41) is 7.12. The van der Waals surface area contributed by atoms with Crippen molar-refractivity contribution in [2.24, 2.45) is 0 Å². The molecule has 2 aromatic carbocycles. The van der Waals surface area contributed by atoms with E-state index in [4.69, 9.17) is 0 Å². The molecular formula is C21H21F3N4O. The summed E-state index contributed by atoms with van der Waals surface area (Å²) in [6.07, 6.45) is -0.0820. The van der Waals surface area contributed by atoms with E-state index in [0.717, 1.165) is 23.4 Å². The molecule has 0 saturated heterocycles. The summed E-state index contributed by atoms with van der Waals surface area (Å²) in [7, 11) is 1.60. The normalized spacial score (nSPS) is 11.3. The van der Waals surface area contributed by atoms with E-state index in [0.29, 0.717) is 18.5 Å². The summed E-state index contributed by atoms with van der Waals surface area (Å²) in [5.41, 5.74) is 1.86. The van der Waals surface area contributed by atoms with Crippen LogP contribution in [0.25, 0.3) is 5.69 Å². The van der Waals surface area contributed by atoms with Gasteiger partial charge in [-0.05, 0) is 41.8 Å². The zero-order valence-corrected chi connectivity index (χ0v) is 15.9. The lowest BCUT2D eigenvalue weighted by molar-refractivity contribution is -0.137. The van der Waals surface area contributed by atoms with Crippen molar-refractivity contribution in [1.29, 1.82) is 0 Å². The van der Waals surface area contributed by atoms with Crippen LogP contribution in [0.3, 0.4) is 0 Å². The zero-order valence-electron chi connectivity index (χ0n) is 15.9. The van der Waals surface area contributed by atoms with E-state index in [9.17, 15) is 18.0 Å². The third kappa shape index (κ3) is 5.60. The van der Waals surface area contributed by atoms with Gasteiger partial charge in [-0.15, -0.1) is 0 Å². The maximum absolute atomic E-state index is 12.6. The molecule has 5 nitrogen and oxygen atoms in total. The average molecular weight is 402 g/mol. The molecule has 0 unspecified atom stereocenters. The highest BCUT2D eigenvalue weighted by Crippen LogP contribution is 2.29. The third-order valence-electron chi connectivity index (χ3n) is 4.39. The second-order valence-corrected chi connectivity index (χ2v) is 6.66. The Bertz CT molecular complexity index is 937. The van der Waals surface area contributed by atoms with Gasteiger partial charge in [0.15, 0.2) is 0 Å². The molecule has 0 bridgehead atoms. The van der Waals surface area contributed by atoms with Gasteiger partial charge in [0.25, 0.3) is 0 Å². The molecule has 0 atom stereocenters. The standard InChI is InChI=1S/C21H21F3N4O/c1-27(14-16-7-9-18(10-8-16)21(22,23)24)20(29)25-12-11-17-13-26-28(15-17)19-5-3-2-4-6-19/h2-10,13,15H,11-12,14H2,1H3,(H,25,29). The quantitative estimate of drug-likeness (QED) is 0.669. The van der Waals surface area contributed by atoms with Gasteiger partial charge in [0.1, 0.15) is 0 Å². The van der Waals surface area contributed by atoms with Crippen LogP contribution in [-0.4, -0.2) is 34.3 Å². The number of nitrogens with zero attached hydrogens (tertiary/aromatic N) is 3. The SMILES string of the molecule is CN(Cc1ccc(C(F)(F)F)cc1)C(=O)NCCc1cnn(-c2ccccc2)c1. The number of carbonyl (C=O) groups excluding carboxylic acids is 1. The first-order chi connectivity index (χ1) is 13.8. The summed E-state index contributed by atoms with van der Waals surface area (Å²) in [5.74, 6) is 0. The van der Waals surface area contributed by atoms with E-state index < -0.39 is 11.7 Å². The number of carbonyl (C=O) groups is 1. The second kappa shape index (κ2) is 8.81. The molecule has 0 saturated carbocycles. The Morgan fingerprint density at radius 3 is 2.41 bits per heavy atom. The minimum Gasteiger partial charge on any atom is -0.338 e. The van der Waals surface area contributed by atoms with Gasteiger partial charge in [-0.1, -0.05) is 30.3 Å². The minimum atomic E-state index is -4.36. The molecule has 0 fully saturated rings. The second-order valence-electron chi connectivity index (χ2n) is 6.66. The largest absolute Gasteiger partial charge is 0.416 e. The molecule has 1 heterocycles. The van der Waals surface area contributed by atoms with Gasteiger partial charge in [-0.2, -0.15) is 18.3 Å². The van der Waals surface area contributed by atoms with Crippen LogP contribution in [0.2, 0.25) is 0 Å². The van der Waals surface area contributed by atoms with Crippen LogP contribution >= 0.6 is 0 Å². The number of hydrogen-bond acceptors (Lipinski definition) is 2. The number of benzene rings is 2. The molecule has 1 aromatic heterocycles. The Morgan fingerprint density at radius 1 is 1.07 bits per heavy atom. The van der Waals surface area contributed by atoms with E-state index in [-0.39, 0.29) is 12.6 Å². The Labute approximate surface area is 166 Å². The van der Waals surface area contributed by atoms with E-state index in [1.165, 1.54) is 17.0 Å². The van der Waals surface area contributed by atoms with Crippen molar-refractivity contribution in [1.82, 2.24) is 20.0 Å². The van der Waals surface area contributed by atoms with Crippen LogP contribution in [0.4, 0.5) is 18.0 Å². The van der Waals surface area contributed by atoms with E-state index in [1.807, 2.05) is 36.5 Å². The van der Waals surface area contributed by atoms with Gasteiger partial charge in [0, 0.05) is 26.3 Å². The average Bonchev–Trinajstić information content (AvgIpc) is 3.17. The molecule has 0 aliphatic heterocycles. The lowest BCUT2D eigenvalue weighted by Gasteiger charge is -2.18. The van der Waals surface area contributed by atoms with Crippen LogP contribution in [0.15, 0.2) is 67.0 Å². The van der Waals surface area contributed by atoms with Gasteiger partial charge in [0.05, 0.1) is 17.4 Å². The van der Waals surface area contributed by atoms with E-state index in [2.05, 4.69) is 10.4 Å². The first-order valence-corrected chi connectivity index (χ1v) is 9.07. The summed E-state index contributed by atoms with van der Waals surface area (Å²) in [6, 6.07) is 14.2. The summed E-state index contributed by atoms with van der Waals surface area (Å²) in [6.45, 7) is 0.645. The van der Waals surface area contributed by atoms with Crippen molar-refractivity contribution in [3.8, 4) is 5.69 Å². The van der Waals surface area contributed by atoms with Gasteiger partial charge in [-0.3, -0.25) is 0 Å². The lowest BCUT2D eigenvalue weighted by atomic mass is 10.1. The number of aromatic nitrogens is 2. The molecule has 3 rings (SSSR count). The molecule has 2 amide bonds. The van der Waals surface area contributed by atoms with Gasteiger partial charge in [0.2, 0.25) is 0 Å². The Balaban J connectivity index is 1.46. The maximum Gasteiger partial charge on any atom is 0.416 e. The molecule has 8 heteroatoms. The highest BCUT2D eigenvalue weighted by atomic mass is 19.4. The monoisotopic (exact) mass is 402 g/mol. The summed E-state index contributed by atoms with van der Waals surface area (Å²) in [4.78, 5) is 13.6. The lowest BCUT2D eigenvalue weighted by Crippen LogP contribution is -2.37. The molecule has 0 aliphatic carbocycles. The van der Waals surface area contributed by atoms with Crippen molar-refractivity contribution in [2.45, 2.75) is 19.1 Å². The molecule has 0 aliphatic rings. The van der Waals surface area contributed by atoms with Crippen LogP contribution in [0.5, 0.6) is 0 Å². The number of amides is 2. The number of para-hydroxylation sites is 1. The Morgan fingerprint density at radius 2 is 1.76 bits per heavy atom. The highest BCUT2D eigenvalue weighted by molar-refractivity contribution is 5.73. The summed E-state index contributed by atoms with van der Waals surface area (Å²) < 4.78 is 39.6. The van der Waals surface area contributed by atoms with E-state index in [1.54, 1.807) is 17.9 Å². The van der Waals surface area contributed by atoms with Crippen LogP contribution in [-0.2, 0) is 19.1 Å². The minimum absolute atomic E-state index is 0.218. The van der Waals surface area contributed by atoms with Gasteiger partial charge in [-0.25, -0.2) is 9.48 Å². The van der Waals surface area contributed by atoms with Crippen LogP contribution in [0.1, 0.15) is 16.7 Å². The third-order valence-corrected chi connectivity index (χ3v) is 4.39. The number of hydrogen-bond donors (Lipinski definition) is 1. The van der Waals surface area contributed by atoms with Crippen molar-refractivity contribution < 1.29 is 18.0 Å². The highest BCUT2D eigenvalue weighted by Gasteiger charge is 2.29. The van der Waals surface area contributed by atoms with Crippen molar-refractivity contribution in [3.63, 3.8) is 0 Å². The van der Waals surface area contributed by atoms with Gasteiger partial charge < -0.3 is 10.2 Å². The van der Waals surface area contributed by atoms with Crippen molar-refractivity contribution in [3.05, 3.63) is 83.7 Å². The fourth-order valence-electron chi connectivity index (χ4n) is 2.80. The number of alkyl halides is 3. The molecule has 152 valence electrons. The van der Waals surface area contributed by atoms with E-state index >= 15 is 0 Å². The topological polar surface area (TPSA) is 50.2 Å². The number of urea groups is 1. The fourth-order valence-corrected chi connectivity index (χ4v) is 2.80. The maximum atomic E-state index is 12.6. The molecular weight excluding hydrogens is 381 g/mol. The zero-order chi connectivity index (χ0) is 20.9. The number of halogens is 3. The first kappa shape index (κ1) is 20.4. The Kier molecular flexibility index (Phi) is 6.21. The summed E-state index contributed by atoms with van der Waals surface area (Å²) >= 11 is 0. The predicted molar refractivity (Wildman–Crippen MR) is 104 cm³/mol. The number of rotatable bonds is 6. The molecule has 29 heavy (non-hydrogen) atoms. The first-order valence-electron chi connectivity index (χ1n) is 9.07. The Hall–Kier alpha value is -3.29. The predicted octanol–water partition coefficient (Wildman–Crippen LogP) is 4.28. The molecule has 1 N–H and O–H groups in total. The van der Waals surface area contributed by atoms with Crippen molar-refractivity contribution in [2.75, 3.05) is 13.6 Å². The molecule has 0 radical (unpaired) electrons. The van der Waals surface area contributed by atoms with Crippen molar-refractivity contribution >= 4 is 6.03 Å². The molecule has 3 aromatic rings. The van der Waals surface area contributed by atoms with Crippen LogP contribution in [0, 0.1) is 0 Å².